The quantitative estimate of drug-likeness (QED) is 0.112. The van der Waals surface area contributed by atoms with E-state index in [-0.39, 0.29) is 6.04 Å². The Bertz CT molecular complexity index is 1930. The first-order valence-electron chi connectivity index (χ1n) is 21.7. The lowest BCUT2D eigenvalue weighted by atomic mass is 9.74. The molecule has 1 saturated carbocycles. The van der Waals surface area contributed by atoms with Gasteiger partial charge in [-0.05, 0) is 105 Å². The number of nitrogens with zero attached hydrogens (tertiary/aromatic N) is 5. The summed E-state index contributed by atoms with van der Waals surface area (Å²) in [6.07, 6.45) is 10.4. The van der Waals surface area contributed by atoms with Crippen molar-refractivity contribution in [1.29, 1.82) is 0 Å². The molecule has 8 rings (SSSR count). The Morgan fingerprint density at radius 2 is 1.26 bits per heavy atom. The van der Waals surface area contributed by atoms with Gasteiger partial charge in [-0.25, -0.2) is 4.98 Å². The summed E-state index contributed by atoms with van der Waals surface area (Å²) in [5.41, 5.74) is 6.61. The molecule has 300 valence electrons. The molecule has 6 nitrogen and oxygen atoms in total. The maximum Gasteiger partial charge on any atom is 0.219 e. The van der Waals surface area contributed by atoms with Crippen molar-refractivity contribution in [3.63, 3.8) is 0 Å². The van der Waals surface area contributed by atoms with Crippen LogP contribution in [-0.2, 0) is 19.4 Å². The molecule has 3 aliphatic rings. The van der Waals surface area contributed by atoms with Gasteiger partial charge in [0.25, 0.3) is 0 Å². The highest BCUT2D eigenvalue weighted by Gasteiger charge is 2.36. The van der Waals surface area contributed by atoms with Gasteiger partial charge in [-0.1, -0.05) is 128 Å². The van der Waals surface area contributed by atoms with E-state index in [2.05, 4.69) is 137 Å². The monoisotopic (exact) mass is 783 g/mol. The SMILES string of the molecule is CN(C)C(c1ccc(Cl)cc1)C1CCC(CC(c2nc(Cc3ccccc3)c(N3CCC(Cc4ccccc4)CC3)o2)N2CCN(Cc3ccccc3)CC2)CC1. The summed E-state index contributed by atoms with van der Waals surface area (Å²) < 4.78 is 7.16. The summed E-state index contributed by atoms with van der Waals surface area (Å²) >= 11 is 6.30. The van der Waals surface area contributed by atoms with Crippen molar-refractivity contribution in [2.75, 3.05) is 58.3 Å². The number of oxazole rings is 1. The van der Waals surface area contributed by atoms with Crippen LogP contribution in [0.15, 0.2) is 120 Å². The normalized spacial score (nSPS) is 21.2. The van der Waals surface area contributed by atoms with E-state index in [9.17, 15) is 0 Å². The summed E-state index contributed by atoms with van der Waals surface area (Å²) in [4.78, 5) is 15.8. The van der Waals surface area contributed by atoms with Crippen molar-refractivity contribution < 1.29 is 4.42 Å². The lowest BCUT2D eigenvalue weighted by Crippen LogP contribution is -2.47. The van der Waals surface area contributed by atoms with Gasteiger partial charge >= 0.3 is 0 Å². The lowest BCUT2D eigenvalue weighted by molar-refractivity contribution is 0.0593. The van der Waals surface area contributed by atoms with E-state index in [1.807, 2.05) is 12.1 Å². The Morgan fingerprint density at radius 3 is 1.88 bits per heavy atom. The Labute approximate surface area is 346 Å². The molecule has 2 atom stereocenters. The van der Waals surface area contributed by atoms with E-state index in [0.29, 0.717) is 23.8 Å². The van der Waals surface area contributed by atoms with Crippen LogP contribution < -0.4 is 4.90 Å². The molecule has 2 saturated heterocycles. The van der Waals surface area contributed by atoms with Crippen LogP contribution in [0.2, 0.25) is 5.02 Å². The van der Waals surface area contributed by atoms with Crippen LogP contribution in [-0.4, -0.2) is 73.0 Å². The van der Waals surface area contributed by atoms with E-state index in [0.717, 1.165) is 87.6 Å². The van der Waals surface area contributed by atoms with Gasteiger partial charge < -0.3 is 14.2 Å². The summed E-state index contributed by atoms with van der Waals surface area (Å²) in [5, 5.41) is 0.807. The molecule has 1 aromatic heterocycles. The Kier molecular flexibility index (Phi) is 13.4. The molecule has 57 heavy (non-hydrogen) atoms. The highest BCUT2D eigenvalue weighted by Crippen LogP contribution is 2.44. The maximum atomic E-state index is 7.16. The van der Waals surface area contributed by atoms with Crippen LogP contribution in [0.5, 0.6) is 0 Å². The molecule has 1 aliphatic carbocycles. The first-order valence-corrected chi connectivity index (χ1v) is 22.1. The van der Waals surface area contributed by atoms with E-state index >= 15 is 0 Å². The van der Waals surface area contributed by atoms with Crippen LogP contribution in [0, 0.1) is 17.8 Å². The van der Waals surface area contributed by atoms with Crippen molar-refractivity contribution >= 4 is 17.5 Å². The highest BCUT2D eigenvalue weighted by molar-refractivity contribution is 6.30. The summed E-state index contributed by atoms with van der Waals surface area (Å²) in [7, 11) is 4.47. The third-order valence-corrected chi connectivity index (χ3v) is 13.5. The van der Waals surface area contributed by atoms with Gasteiger partial charge in [-0.3, -0.25) is 9.80 Å². The molecule has 0 N–H and O–H groups in total. The fourth-order valence-corrected chi connectivity index (χ4v) is 10.3. The minimum Gasteiger partial charge on any atom is -0.423 e. The minimum atomic E-state index is 0.172. The number of piperazine rings is 1. The molecule has 0 spiro atoms. The van der Waals surface area contributed by atoms with Gasteiger partial charge in [0.15, 0.2) is 0 Å². The predicted molar refractivity (Wildman–Crippen MR) is 235 cm³/mol. The van der Waals surface area contributed by atoms with Gasteiger partial charge in [0.2, 0.25) is 11.8 Å². The third kappa shape index (κ3) is 10.4. The molecule has 3 fully saturated rings. The number of halogens is 1. The van der Waals surface area contributed by atoms with Gasteiger partial charge in [-0.15, -0.1) is 0 Å². The Balaban J connectivity index is 1.02. The van der Waals surface area contributed by atoms with Crippen LogP contribution in [0.25, 0.3) is 0 Å². The number of anilines is 1. The molecule has 0 radical (unpaired) electrons. The molecule has 3 heterocycles. The third-order valence-electron chi connectivity index (χ3n) is 13.2. The first-order chi connectivity index (χ1) is 27.9. The van der Waals surface area contributed by atoms with E-state index in [1.165, 1.54) is 60.8 Å². The van der Waals surface area contributed by atoms with Gasteiger partial charge in [0.05, 0.1) is 6.04 Å². The standard InChI is InChI=1S/C50H62ClN5O/c1-53(2)48(44-22-24-45(51)25-23-44)43-20-18-40(19-21-43)36-47(55-32-30-54(31-33-55)37-42-16-10-5-11-17-42)49-52-46(35-39-14-8-4-9-15-39)50(57-49)56-28-26-41(27-29-56)34-38-12-6-3-7-13-38/h3-17,22-25,40-41,43,47-48H,18-21,26-37H2,1-2H3. The zero-order valence-corrected chi connectivity index (χ0v) is 34.9. The Morgan fingerprint density at radius 1 is 0.667 bits per heavy atom. The second-order valence-electron chi connectivity index (χ2n) is 17.4. The van der Waals surface area contributed by atoms with Crippen molar-refractivity contribution in [2.45, 2.75) is 76.4 Å². The largest absolute Gasteiger partial charge is 0.423 e. The first kappa shape index (κ1) is 39.9. The lowest BCUT2D eigenvalue weighted by Gasteiger charge is -2.41. The number of rotatable bonds is 14. The molecule has 4 aromatic carbocycles. The topological polar surface area (TPSA) is 39.0 Å². The summed E-state index contributed by atoms with van der Waals surface area (Å²) in [6, 6.07) is 42.0. The van der Waals surface area contributed by atoms with Gasteiger partial charge in [0.1, 0.15) is 5.69 Å². The molecule has 2 aliphatic heterocycles. The van der Waals surface area contributed by atoms with Crippen LogP contribution in [0.1, 0.15) is 90.9 Å². The van der Waals surface area contributed by atoms with E-state index in [4.69, 9.17) is 21.0 Å². The Hall–Kier alpha value is -3.94. The van der Waals surface area contributed by atoms with Crippen LogP contribution >= 0.6 is 11.6 Å². The second-order valence-corrected chi connectivity index (χ2v) is 17.8. The highest BCUT2D eigenvalue weighted by atomic mass is 35.5. The smallest absolute Gasteiger partial charge is 0.219 e. The fraction of sp³-hybridized carbons (Fsp3) is 0.460. The van der Waals surface area contributed by atoms with Gasteiger partial charge in [0, 0.05) is 63.3 Å². The summed E-state index contributed by atoms with van der Waals surface area (Å²) in [6.45, 7) is 7.22. The molecule has 2 unspecified atom stereocenters. The number of benzene rings is 4. The predicted octanol–water partition coefficient (Wildman–Crippen LogP) is 10.7. The van der Waals surface area contributed by atoms with Crippen LogP contribution in [0.4, 0.5) is 5.88 Å². The van der Waals surface area contributed by atoms with Crippen LogP contribution in [0.3, 0.4) is 0 Å². The average Bonchev–Trinajstić information content (AvgIpc) is 3.66. The van der Waals surface area contributed by atoms with Crippen molar-refractivity contribution in [3.05, 3.63) is 154 Å². The zero-order valence-electron chi connectivity index (χ0n) is 34.2. The maximum absolute atomic E-state index is 7.16. The average molecular weight is 785 g/mol. The van der Waals surface area contributed by atoms with Crippen molar-refractivity contribution in [1.82, 2.24) is 19.7 Å². The van der Waals surface area contributed by atoms with Crippen molar-refractivity contribution in [3.8, 4) is 0 Å². The number of aromatic nitrogens is 1. The molecule has 0 bridgehead atoms. The fourth-order valence-electron chi connectivity index (χ4n) is 10.1. The number of piperidine rings is 1. The molecule has 7 heteroatoms. The molecular weight excluding hydrogens is 722 g/mol. The second kappa shape index (κ2) is 19.2. The molecule has 0 amide bonds. The zero-order chi connectivity index (χ0) is 39.0. The van der Waals surface area contributed by atoms with Crippen molar-refractivity contribution in [2.24, 2.45) is 17.8 Å². The van der Waals surface area contributed by atoms with E-state index in [1.54, 1.807) is 0 Å². The number of hydrogen-bond donors (Lipinski definition) is 0. The number of hydrogen-bond acceptors (Lipinski definition) is 6. The minimum absolute atomic E-state index is 0.172. The molecular formula is C50H62ClN5O. The summed E-state index contributed by atoms with van der Waals surface area (Å²) in [5.74, 6) is 3.93. The molecule has 5 aromatic rings. The van der Waals surface area contributed by atoms with E-state index < -0.39 is 0 Å². The van der Waals surface area contributed by atoms with Gasteiger partial charge in [-0.2, -0.15) is 0 Å².